The molecule has 3 aromatic rings. The van der Waals surface area contributed by atoms with E-state index in [0.29, 0.717) is 27.0 Å². The van der Waals surface area contributed by atoms with Crippen LogP contribution < -0.4 is 0 Å². The number of aromatic nitrogens is 2. The average molecular weight is 370 g/mol. The predicted molar refractivity (Wildman–Crippen MR) is 92.9 cm³/mol. The fourth-order valence-corrected chi connectivity index (χ4v) is 3.19. The fraction of sp³-hybridized carbons (Fsp3) is 0. The minimum atomic E-state index is 0.275. The minimum Gasteiger partial charge on any atom is -0.216 e. The standard InChI is InChI=1S/C16H8Cl4N2/c17-11-6-10(7-12(18)8-11)16-21-14(19)13(15(20)22-16)9-4-2-1-3-5-9/h1-8H. The van der Waals surface area contributed by atoms with Crippen molar-refractivity contribution in [3.8, 4) is 22.5 Å². The number of rotatable bonds is 2. The molecule has 0 aliphatic rings. The molecule has 0 bridgehead atoms. The topological polar surface area (TPSA) is 25.8 Å². The van der Waals surface area contributed by atoms with Crippen LogP contribution in [0.1, 0.15) is 0 Å². The van der Waals surface area contributed by atoms with Crippen molar-refractivity contribution in [3.05, 3.63) is 68.9 Å². The summed E-state index contributed by atoms with van der Waals surface area (Å²) in [5, 5.41) is 1.53. The van der Waals surface area contributed by atoms with E-state index in [1.807, 2.05) is 30.3 Å². The SMILES string of the molecule is Clc1cc(Cl)cc(-c2nc(Cl)c(-c3ccccc3)c(Cl)n2)c1. The monoisotopic (exact) mass is 368 g/mol. The highest BCUT2D eigenvalue weighted by molar-refractivity contribution is 6.38. The average Bonchev–Trinajstić information content (AvgIpc) is 2.46. The molecule has 2 nitrogen and oxygen atoms in total. The summed E-state index contributed by atoms with van der Waals surface area (Å²) in [5.74, 6) is 0.374. The number of hydrogen-bond acceptors (Lipinski definition) is 2. The molecule has 1 heterocycles. The van der Waals surface area contributed by atoms with Gasteiger partial charge in [0, 0.05) is 15.6 Å². The van der Waals surface area contributed by atoms with Crippen molar-refractivity contribution in [2.24, 2.45) is 0 Å². The van der Waals surface area contributed by atoms with Gasteiger partial charge >= 0.3 is 0 Å². The van der Waals surface area contributed by atoms with Gasteiger partial charge in [0.1, 0.15) is 10.3 Å². The molecule has 1 aromatic heterocycles. The molecule has 0 saturated carbocycles. The maximum Gasteiger partial charge on any atom is 0.162 e. The zero-order valence-corrected chi connectivity index (χ0v) is 14.0. The third kappa shape index (κ3) is 3.21. The van der Waals surface area contributed by atoms with E-state index < -0.39 is 0 Å². The van der Waals surface area contributed by atoms with Crippen molar-refractivity contribution < 1.29 is 0 Å². The second kappa shape index (κ2) is 6.43. The number of benzene rings is 2. The van der Waals surface area contributed by atoms with Gasteiger partial charge in [-0.15, -0.1) is 0 Å². The van der Waals surface area contributed by atoms with E-state index in [1.54, 1.807) is 18.2 Å². The lowest BCUT2D eigenvalue weighted by Crippen LogP contribution is -1.94. The molecule has 2 aromatic carbocycles. The summed E-state index contributed by atoms with van der Waals surface area (Å²) in [6.07, 6.45) is 0. The van der Waals surface area contributed by atoms with Crippen LogP contribution in [0.3, 0.4) is 0 Å². The second-order valence-corrected chi connectivity index (χ2v) is 6.12. The predicted octanol–water partition coefficient (Wildman–Crippen LogP) is 6.42. The van der Waals surface area contributed by atoms with Crippen molar-refractivity contribution in [3.63, 3.8) is 0 Å². The van der Waals surface area contributed by atoms with Gasteiger partial charge in [-0.1, -0.05) is 76.7 Å². The van der Waals surface area contributed by atoms with Gasteiger partial charge in [-0.05, 0) is 23.8 Å². The Kier molecular flexibility index (Phi) is 4.55. The first-order valence-corrected chi connectivity index (χ1v) is 7.80. The van der Waals surface area contributed by atoms with Crippen molar-refractivity contribution in [1.82, 2.24) is 9.97 Å². The normalized spacial score (nSPS) is 10.7. The zero-order chi connectivity index (χ0) is 15.7. The third-order valence-electron chi connectivity index (χ3n) is 3.00. The Labute approximate surface area is 147 Å². The van der Waals surface area contributed by atoms with Gasteiger partial charge in [-0.2, -0.15) is 0 Å². The molecule has 0 aliphatic heterocycles. The lowest BCUT2D eigenvalue weighted by Gasteiger charge is -2.09. The molecule has 0 atom stereocenters. The third-order valence-corrected chi connectivity index (χ3v) is 3.99. The van der Waals surface area contributed by atoms with Gasteiger partial charge in [0.2, 0.25) is 0 Å². The summed E-state index contributed by atoms with van der Waals surface area (Å²) < 4.78 is 0. The van der Waals surface area contributed by atoms with E-state index in [1.165, 1.54) is 0 Å². The van der Waals surface area contributed by atoms with Crippen molar-refractivity contribution in [1.29, 1.82) is 0 Å². The molecule has 0 amide bonds. The highest BCUT2D eigenvalue weighted by Gasteiger charge is 2.15. The molecular formula is C16H8Cl4N2. The summed E-state index contributed by atoms with van der Waals surface area (Å²) in [5.41, 5.74) is 2.11. The lowest BCUT2D eigenvalue weighted by molar-refractivity contribution is 1.18. The van der Waals surface area contributed by atoms with E-state index in [4.69, 9.17) is 46.4 Å². The summed E-state index contributed by atoms with van der Waals surface area (Å²) in [7, 11) is 0. The van der Waals surface area contributed by atoms with Crippen molar-refractivity contribution >= 4 is 46.4 Å². The van der Waals surface area contributed by atoms with E-state index in [9.17, 15) is 0 Å². The zero-order valence-electron chi connectivity index (χ0n) is 11.0. The Balaban J connectivity index is 2.14. The summed E-state index contributed by atoms with van der Waals surface area (Å²) >= 11 is 24.6. The van der Waals surface area contributed by atoms with Gasteiger partial charge in [-0.3, -0.25) is 0 Å². The Hall–Kier alpha value is -1.32. The molecule has 0 saturated heterocycles. The first-order chi connectivity index (χ1) is 10.5. The first kappa shape index (κ1) is 15.6. The van der Waals surface area contributed by atoms with E-state index >= 15 is 0 Å². The summed E-state index contributed by atoms with van der Waals surface area (Å²) in [6.45, 7) is 0. The Morgan fingerprint density at radius 3 is 1.73 bits per heavy atom. The molecule has 110 valence electrons. The van der Waals surface area contributed by atoms with E-state index in [0.717, 1.165) is 5.56 Å². The minimum absolute atomic E-state index is 0.275. The van der Waals surface area contributed by atoms with Gasteiger partial charge in [0.15, 0.2) is 5.82 Å². The molecule has 6 heteroatoms. The molecule has 0 fully saturated rings. The molecule has 0 radical (unpaired) electrons. The molecule has 0 spiro atoms. The van der Waals surface area contributed by atoms with Crippen molar-refractivity contribution in [2.75, 3.05) is 0 Å². The van der Waals surface area contributed by atoms with Crippen LogP contribution >= 0.6 is 46.4 Å². The number of hydrogen-bond donors (Lipinski definition) is 0. The quantitative estimate of drug-likeness (QED) is 0.486. The summed E-state index contributed by atoms with van der Waals surface area (Å²) in [4.78, 5) is 8.63. The first-order valence-electron chi connectivity index (χ1n) is 6.29. The van der Waals surface area contributed by atoms with E-state index in [-0.39, 0.29) is 10.3 Å². The van der Waals surface area contributed by atoms with Crippen LogP contribution in [0.4, 0.5) is 0 Å². The molecule has 0 unspecified atom stereocenters. The van der Waals surface area contributed by atoms with Crippen LogP contribution in [-0.4, -0.2) is 9.97 Å². The molecule has 0 N–H and O–H groups in total. The Bertz CT molecular complexity index is 792. The Morgan fingerprint density at radius 1 is 0.636 bits per heavy atom. The van der Waals surface area contributed by atoms with Gasteiger partial charge in [-0.25, -0.2) is 9.97 Å². The maximum atomic E-state index is 6.30. The molecule has 22 heavy (non-hydrogen) atoms. The van der Waals surface area contributed by atoms with Crippen LogP contribution in [0, 0.1) is 0 Å². The number of nitrogens with zero attached hydrogens (tertiary/aromatic N) is 2. The smallest absolute Gasteiger partial charge is 0.162 e. The highest BCUT2D eigenvalue weighted by Crippen LogP contribution is 2.35. The van der Waals surface area contributed by atoms with Crippen LogP contribution in [-0.2, 0) is 0 Å². The van der Waals surface area contributed by atoms with Gasteiger partial charge < -0.3 is 0 Å². The lowest BCUT2D eigenvalue weighted by atomic mass is 10.1. The van der Waals surface area contributed by atoms with Crippen LogP contribution in [0.15, 0.2) is 48.5 Å². The fourth-order valence-electron chi connectivity index (χ4n) is 2.06. The molecular weight excluding hydrogens is 362 g/mol. The molecule has 0 aliphatic carbocycles. The van der Waals surface area contributed by atoms with Crippen molar-refractivity contribution in [2.45, 2.75) is 0 Å². The highest BCUT2D eigenvalue weighted by atomic mass is 35.5. The largest absolute Gasteiger partial charge is 0.216 e. The second-order valence-electron chi connectivity index (χ2n) is 4.53. The number of halogens is 4. The van der Waals surface area contributed by atoms with Gasteiger partial charge in [0.05, 0.1) is 5.56 Å². The van der Waals surface area contributed by atoms with Crippen LogP contribution in [0.25, 0.3) is 22.5 Å². The summed E-state index contributed by atoms with van der Waals surface area (Å²) in [6, 6.07) is 14.5. The van der Waals surface area contributed by atoms with Gasteiger partial charge in [0.25, 0.3) is 0 Å². The molecule has 3 rings (SSSR count). The van der Waals surface area contributed by atoms with Crippen LogP contribution in [0.2, 0.25) is 20.4 Å². The van der Waals surface area contributed by atoms with Crippen LogP contribution in [0.5, 0.6) is 0 Å². The van der Waals surface area contributed by atoms with E-state index in [2.05, 4.69) is 9.97 Å². The Morgan fingerprint density at radius 2 is 1.18 bits per heavy atom. The maximum absolute atomic E-state index is 6.30.